The number of rotatable bonds is 6. The maximum absolute atomic E-state index is 13.7. The lowest BCUT2D eigenvalue weighted by Crippen LogP contribution is -2.31. The first-order valence-corrected chi connectivity index (χ1v) is 11.4. The molecule has 1 unspecified atom stereocenters. The lowest BCUT2D eigenvalue weighted by molar-refractivity contribution is -0.113. The van der Waals surface area contributed by atoms with Crippen LogP contribution in [0, 0.1) is 5.82 Å². The topological polar surface area (TPSA) is 80.1 Å². The Balaban J connectivity index is 1.42. The van der Waals surface area contributed by atoms with Gasteiger partial charge < -0.3 is 14.8 Å². The Morgan fingerprint density at radius 3 is 2.69 bits per heavy atom. The molecule has 2 heterocycles. The molecule has 4 rings (SSSR count). The van der Waals surface area contributed by atoms with E-state index in [0.717, 1.165) is 12.8 Å². The van der Waals surface area contributed by atoms with Crippen molar-refractivity contribution in [2.75, 3.05) is 17.6 Å². The maximum atomic E-state index is 13.7. The second-order valence-corrected chi connectivity index (χ2v) is 8.76. The van der Waals surface area contributed by atoms with Crippen molar-refractivity contribution in [2.24, 2.45) is 7.05 Å². The standard InChI is InChI=1S/C22H21ClFN5O2S/c1-28-20(18-7-4-12-29(18)21(31)14-8-10-15(23)11-9-14)26-27-22(28)32-13-19(30)25-17-6-3-2-5-16(17)24/h2-3,5-6,8-11,18H,4,7,12-13H2,1H3,(H,25,30). The van der Waals surface area contributed by atoms with Crippen molar-refractivity contribution in [2.45, 2.75) is 24.0 Å². The molecule has 1 aliphatic rings. The first kappa shape index (κ1) is 22.3. The first-order valence-electron chi connectivity index (χ1n) is 10.1. The van der Waals surface area contributed by atoms with Gasteiger partial charge in [0.25, 0.3) is 5.91 Å². The Bertz CT molecular complexity index is 1140. The zero-order chi connectivity index (χ0) is 22.7. The van der Waals surface area contributed by atoms with Crippen LogP contribution in [0.4, 0.5) is 10.1 Å². The van der Waals surface area contributed by atoms with E-state index < -0.39 is 5.82 Å². The summed E-state index contributed by atoms with van der Waals surface area (Å²) < 4.78 is 15.5. The number of aromatic nitrogens is 3. The highest BCUT2D eigenvalue weighted by molar-refractivity contribution is 7.99. The molecule has 1 N–H and O–H groups in total. The van der Waals surface area contributed by atoms with Crippen molar-refractivity contribution < 1.29 is 14.0 Å². The molecule has 0 spiro atoms. The normalized spacial score (nSPS) is 15.7. The zero-order valence-electron chi connectivity index (χ0n) is 17.3. The number of hydrogen-bond donors (Lipinski definition) is 1. The van der Waals surface area contributed by atoms with Gasteiger partial charge in [0.15, 0.2) is 11.0 Å². The molecule has 7 nitrogen and oxygen atoms in total. The van der Waals surface area contributed by atoms with Crippen LogP contribution in [-0.4, -0.2) is 43.8 Å². The Kier molecular flexibility index (Phi) is 6.76. The summed E-state index contributed by atoms with van der Waals surface area (Å²) in [6, 6.07) is 12.6. The Morgan fingerprint density at radius 1 is 1.19 bits per heavy atom. The van der Waals surface area contributed by atoms with Gasteiger partial charge in [-0.2, -0.15) is 0 Å². The number of hydrogen-bond acceptors (Lipinski definition) is 5. The van der Waals surface area contributed by atoms with Gasteiger partial charge in [-0.1, -0.05) is 35.5 Å². The average molecular weight is 474 g/mol. The SMILES string of the molecule is Cn1c(SCC(=O)Nc2ccccc2F)nnc1C1CCCN1C(=O)c1ccc(Cl)cc1. The number of nitrogens with one attached hydrogen (secondary N) is 1. The lowest BCUT2D eigenvalue weighted by Gasteiger charge is -2.24. The van der Waals surface area contributed by atoms with Crippen LogP contribution in [0.25, 0.3) is 0 Å². The highest BCUT2D eigenvalue weighted by atomic mass is 35.5. The van der Waals surface area contributed by atoms with Gasteiger partial charge in [-0.25, -0.2) is 4.39 Å². The van der Waals surface area contributed by atoms with Crippen molar-refractivity contribution >= 4 is 40.9 Å². The van der Waals surface area contributed by atoms with E-state index in [0.29, 0.717) is 28.1 Å². The molecule has 1 fully saturated rings. The minimum Gasteiger partial charge on any atom is -0.328 e. The molecule has 3 aromatic rings. The van der Waals surface area contributed by atoms with Crippen molar-refractivity contribution in [1.82, 2.24) is 19.7 Å². The van der Waals surface area contributed by atoms with Crippen molar-refractivity contribution in [3.8, 4) is 0 Å². The van der Waals surface area contributed by atoms with Crippen LogP contribution >= 0.6 is 23.4 Å². The summed E-state index contributed by atoms with van der Waals surface area (Å²) in [7, 11) is 1.82. The molecule has 32 heavy (non-hydrogen) atoms. The summed E-state index contributed by atoms with van der Waals surface area (Å²) in [5.41, 5.74) is 0.710. The number of anilines is 1. The average Bonchev–Trinajstić information content (AvgIpc) is 3.40. The highest BCUT2D eigenvalue weighted by Crippen LogP contribution is 2.33. The van der Waals surface area contributed by atoms with E-state index in [1.54, 1.807) is 45.9 Å². The molecular weight excluding hydrogens is 453 g/mol. The number of halogens is 2. The van der Waals surface area contributed by atoms with E-state index in [1.165, 1.54) is 23.9 Å². The molecule has 0 saturated carbocycles. The van der Waals surface area contributed by atoms with Gasteiger partial charge in [-0.3, -0.25) is 9.59 Å². The van der Waals surface area contributed by atoms with E-state index >= 15 is 0 Å². The number of thioether (sulfide) groups is 1. The molecule has 2 aromatic carbocycles. The van der Waals surface area contributed by atoms with Gasteiger partial charge in [-0.15, -0.1) is 10.2 Å². The number of likely N-dealkylation sites (tertiary alicyclic amines) is 1. The van der Waals surface area contributed by atoms with Gasteiger partial charge in [0, 0.05) is 24.2 Å². The third-order valence-electron chi connectivity index (χ3n) is 5.25. The molecule has 2 amide bonds. The summed E-state index contributed by atoms with van der Waals surface area (Å²) >= 11 is 7.14. The molecule has 1 aromatic heterocycles. The molecule has 0 radical (unpaired) electrons. The number of carbonyl (C=O) groups is 2. The van der Waals surface area contributed by atoms with Crippen LogP contribution in [-0.2, 0) is 11.8 Å². The van der Waals surface area contributed by atoms with Crippen molar-refractivity contribution in [1.29, 1.82) is 0 Å². The zero-order valence-corrected chi connectivity index (χ0v) is 18.9. The summed E-state index contributed by atoms with van der Waals surface area (Å²) in [4.78, 5) is 27.0. The van der Waals surface area contributed by atoms with E-state index in [-0.39, 0.29) is 29.3 Å². The Labute approximate surface area is 194 Å². The second-order valence-electron chi connectivity index (χ2n) is 7.38. The van der Waals surface area contributed by atoms with E-state index in [4.69, 9.17) is 11.6 Å². The molecule has 166 valence electrons. The third-order valence-corrected chi connectivity index (χ3v) is 6.52. The summed E-state index contributed by atoms with van der Waals surface area (Å²) in [5, 5.41) is 12.2. The third kappa shape index (κ3) is 4.78. The van der Waals surface area contributed by atoms with Crippen LogP contribution < -0.4 is 5.32 Å². The van der Waals surface area contributed by atoms with Crippen LogP contribution in [0.1, 0.15) is 35.1 Å². The Morgan fingerprint density at radius 2 is 1.94 bits per heavy atom. The molecule has 1 saturated heterocycles. The van der Waals surface area contributed by atoms with Gasteiger partial charge in [-0.05, 0) is 49.2 Å². The number of carbonyl (C=O) groups excluding carboxylic acids is 2. The molecule has 1 atom stereocenters. The minimum absolute atomic E-state index is 0.0540. The van der Waals surface area contributed by atoms with E-state index in [1.807, 2.05) is 7.05 Å². The summed E-state index contributed by atoms with van der Waals surface area (Å²) in [6.45, 7) is 0.631. The number of para-hydroxylation sites is 1. The fourth-order valence-electron chi connectivity index (χ4n) is 3.66. The second kappa shape index (κ2) is 9.70. The highest BCUT2D eigenvalue weighted by Gasteiger charge is 2.34. The van der Waals surface area contributed by atoms with Crippen LogP contribution in [0.3, 0.4) is 0 Å². The molecule has 0 bridgehead atoms. The first-order chi connectivity index (χ1) is 15.4. The lowest BCUT2D eigenvalue weighted by atomic mass is 10.1. The van der Waals surface area contributed by atoms with Crippen molar-refractivity contribution in [3.63, 3.8) is 0 Å². The minimum atomic E-state index is -0.488. The largest absolute Gasteiger partial charge is 0.328 e. The molecule has 0 aliphatic carbocycles. The van der Waals surface area contributed by atoms with Gasteiger partial charge in [0.1, 0.15) is 5.82 Å². The van der Waals surface area contributed by atoms with Crippen molar-refractivity contribution in [3.05, 3.63) is 70.8 Å². The molecular formula is C22H21ClFN5O2S. The maximum Gasteiger partial charge on any atom is 0.254 e. The predicted octanol–water partition coefficient (Wildman–Crippen LogP) is 4.32. The summed E-state index contributed by atoms with van der Waals surface area (Å²) in [5.74, 6) is -0.186. The van der Waals surface area contributed by atoms with Crippen LogP contribution in [0.15, 0.2) is 53.7 Å². The number of nitrogens with zero attached hydrogens (tertiary/aromatic N) is 4. The number of amides is 2. The molecule has 1 aliphatic heterocycles. The van der Waals surface area contributed by atoms with Gasteiger partial charge in [0.05, 0.1) is 17.5 Å². The quantitative estimate of drug-likeness (QED) is 0.539. The summed E-state index contributed by atoms with van der Waals surface area (Å²) in [6.07, 6.45) is 1.65. The smallest absolute Gasteiger partial charge is 0.254 e. The van der Waals surface area contributed by atoms with Gasteiger partial charge in [0.2, 0.25) is 5.91 Å². The fourth-order valence-corrected chi connectivity index (χ4v) is 4.50. The van der Waals surface area contributed by atoms with Crippen LogP contribution in [0.5, 0.6) is 0 Å². The fraction of sp³-hybridized carbons (Fsp3) is 0.273. The van der Waals surface area contributed by atoms with Gasteiger partial charge >= 0.3 is 0 Å². The predicted molar refractivity (Wildman–Crippen MR) is 121 cm³/mol. The number of benzene rings is 2. The molecule has 10 heteroatoms. The van der Waals surface area contributed by atoms with Crippen LogP contribution in [0.2, 0.25) is 5.02 Å². The Hall–Kier alpha value is -2.91. The monoisotopic (exact) mass is 473 g/mol. The van der Waals surface area contributed by atoms with E-state index in [2.05, 4.69) is 15.5 Å². The van der Waals surface area contributed by atoms with E-state index in [9.17, 15) is 14.0 Å².